The molecule has 0 aliphatic rings. The van der Waals surface area contributed by atoms with Crippen molar-refractivity contribution in [2.24, 2.45) is 13.0 Å². The summed E-state index contributed by atoms with van der Waals surface area (Å²) in [6.45, 7) is 6.25. The zero-order valence-corrected chi connectivity index (χ0v) is 9.16. The Hall–Kier alpha value is -1.32. The average molecular weight is 195 g/mol. The van der Waals surface area contributed by atoms with Crippen molar-refractivity contribution in [2.45, 2.75) is 27.3 Å². The van der Waals surface area contributed by atoms with Crippen LogP contribution in [0.3, 0.4) is 0 Å². The minimum absolute atomic E-state index is 0.0276. The normalized spacial score (nSPS) is 10.6. The molecular weight excluding hydrogens is 178 g/mol. The Balaban J connectivity index is 2.50. The van der Waals surface area contributed by atoms with Gasteiger partial charge in [-0.15, -0.1) is 0 Å². The van der Waals surface area contributed by atoms with Crippen LogP contribution in [0.4, 0.5) is 0 Å². The molecule has 1 aromatic heterocycles. The topological polar surface area (TPSA) is 46.9 Å². The first-order valence-electron chi connectivity index (χ1n) is 4.78. The third-order valence-corrected chi connectivity index (χ3v) is 2.13. The van der Waals surface area contributed by atoms with Gasteiger partial charge in [0.05, 0.1) is 12.2 Å². The molecule has 14 heavy (non-hydrogen) atoms. The Labute approximate surface area is 84.3 Å². The summed E-state index contributed by atoms with van der Waals surface area (Å²) in [6.07, 6.45) is 0. The standard InChI is InChI=1S/C10H17N3O/c1-7(2)10(14)11-6-9-5-8(3)13(4)12-9/h5,7H,6H2,1-4H3,(H,11,14). The Morgan fingerprint density at radius 3 is 2.71 bits per heavy atom. The lowest BCUT2D eigenvalue weighted by Crippen LogP contribution is -2.27. The van der Waals surface area contributed by atoms with Crippen LogP contribution in [0.25, 0.3) is 0 Å². The third-order valence-electron chi connectivity index (χ3n) is 2.13. The number of nitrogens with zero attached hydrogens (tertiary/aromatic N) is 2. The molecule has 0 saturated heterocycles. The summed E-state index contributed by atoms with van der Waals surface area (Å²) < 4.78 is 1.80. The maximum Gasteiger partial charge on any atom is 0.222 e. The summed E-state index contributed by atoms with van der Waals surface area (Å²) in [5, 5.41) is 7.07. The van der Waals surface area contributed by atoms with Gasteiger partial charge in [0, 0.05) is 18.7 Å². The molecule has 78 valence electrons. The number of aromatic nitrogens is 2. The Morgan fingerprint density at radius 2 is 2.29 bits per heavy atom. The van der Waals surface area contributed by atoms with Crippen LogP contribution < -0.4 is 5.32 Å². The molecule has 0 atom stereocenters. The van der Waals surface area contributed by atoms with Crippen molar-refractivity contribution in [3.8, 4) is 0 Å². The molecule has 1 aromatic rings. The molecular formula is C10H17N3O. The van der Waals surface area contributed by atoms with Crippen molar-refractivity contribution in [3.63, 3.8) is 0 Å². The highest BCUT2D eigenvalue weighted by molar-refractivity contribution is 5.77. The highest BCUT2D eigenvalue weighted by Gasteiger charge is 2.07. The molecule has 4 heteroatoms. The van der Waals surface area contributed by atoms with Crippen molar-refractivity contribution in [2.75, 3.05) is 0 Å². The maximum atomic E-state index is 11.3. The molecule has 1 heterocycles. The summed E-state index contributed by atoms with van der Waals surface area (Å²) in [5.41, 5.74) is 2.00. The fourth-order valence-corrected chi connectivity index (χ4v) is 1.10. The van der Waals surface area contributed by atoms with E-state index in [1.165, 1.54) is 0 Å². The van der Waals surface area contributed by atoms with Crippen LogP contribution in [0, 0.1) is 12.8 Å². The SMILES string of the molecule is Cc1cc(CNC(=O)C(C)C)nn1C. The number of rotatable bonds is 3. The number of hydrogen-bond donors (Lipinski definition) is 1. The molecule has 4 nitrogen and oxygen atoms in total. The first-order chi connectivity index (χ1) is 6.50. The first-order valence-corrected chi connectivity index (χ1v) is 4.78. The van der Waals surface area contributed by atoms with Crippen molar-refractivity contribution < 1.29 is 4.79 Å². The van der Waals surface area contributed by atoms with E-state index in [9.17, 15) is 4.79 Å². The Morgan fingerprint density at radius 1 is 1.64 bits per heavy atom. The Bertz CT molecular complexity index is 309. The van der Waals surface area contributed by atoms with E-state index in [0.717, 1.165) is 11.4 Å². The quantitative estimate of drug-likeness (QED) is 0.782. The van der Waals surface area contributed by atoms with E-state index in [1.54, 1.807) is 4.68 Å². The summed E-state index contributed by atoms with van der Waals surface area (Å²) in [6, 6.07) is 1.97. The van der Waals surface area contributed by atoms with Gasteiger partial charge in [-0.1, -0.05) is 13.8 Å². The predicted octanol–water partition coefficient (Wildman–Crippen LogP) is 1.00. The van der Waals surface area contributed by atoms with Gasteiger partial charge < -0.3 is 5.32 Å². The van der Waals surface area contributed by atoms with Crippen LogP contribution in [0.15, 0.2) is 6.07 Å². The minimum atomic E-state index is 0.0276. The molecule has 1 amide bonds. The van der Waals surface area contributed by atoms with Crippen molar-refractivity contribution in [3.05, 3.63) is 17.5 Å². The third kappa shape index (κ3) is 2.58. The van der Waals surface area contributed by atoms with Crippen LogP contribution in [0.5, 0.6) is 0 Å². The van der Waals surface area contributed by atoms with E-state index in [2.05, 4.69) is 10.4 Å². The van der Waals surface area contributed by atoms with Crippen LogP contribution >= 0.6 is 0 Å². The molecule has 0 aliphatic carbocycles. The molecule has 0 fully saturated rings. The van der Waals surface area contributed by atoms with E-state index in [0.29, 0.717) is 6.54 Å². The second-order valence-electron chi connectivity index (χ2n) is 3.77. The van der Waals surface area contributed by atoms with Crippen LogP contribution in [-0.2, 0) is 18.4 Å². The number of amides is 1. The monoisotopic (exact) mass is 195 g/mol. The first kappa shape index (κ1) is 10.8. The van der Waals surface area contributed by atoms with E-state index in [-0.39, 0.29) is 11.8 Å². The van der Waals surface area contributed by atoms with Gasteiger partial charge in [-0.3, -0.25) is 9.48 Å². The lowest BCUT2D eigenvalue weighted by atomic mass is 10.2. The van der Waals surface area contributed by atoms with Gasteiger partial charge in [0.15, 0.2) is 0 Å². The largest absolute Gasteiger partial charge is 0.350 e. The summed E-state index contributed by atoms with van der Waals surface area (Å²) in [5.74, 6) is 0.0908. The van der Waals surface area contributed by atoms with Crippen molar-refractivity contribution in [1.82, 2.24) is 15.1 Å². The number of aryl methyl sites for hydroxylation is 2. The number of nitrogens with one attached hydrogen (secondary N) is 1. The summed E-state index contributed by atoms with van der Waals surface area (Å²) in [7, 11) is 1.89. The molecule has 0 spiro atoms. The van der Waals surface area contributed by atoms with Gasteiger partial charge in [0.1, 0.15) is 0 Å². The van der Waals surface area contributed by atoms with E-state index in [1.807, 2.05) is 33.9 Å². The molecule has 0 aromatic carbocycles. The minimum Gasteiger partial charge on any atom is -0.350 e. The van der Waals surface area contributed by atoms with Gasteiger partial charge in [-0.2, -0.15) is 5.10 Å². The van der Waals surface area contributed by atoms with Crippen molar-refractivity contribution >= 4 is 5.91 Å². The highest BCUT2D eigenvalue weighted by Crippen LogP contribution is 2.01. The molecule has 1 rings (SSSR count). The van der Waals surface area contributed by atoms with E-state index in [4.69, 9.17) is 0 Å². The average Bonchev–Trinajstić information content (AvgIpc) is 2.42. The highest BCUT2D eigenvalue weighted by atomic mass is 16.1. The number of hydrogen-bond acceptors (Lipinski definition) is 2. The smallest absolute Gasteiger partial charge is 0.222 e. The van der Waals surface area contributed by atoms with E-state index >= 15 is 0 Å². The maximum absolute atomic E-state index is 11.3. The van der Waals surface area contributed by atoms with E-state index < -0.39 is 0 Å². The molecule has 0 radical (unpaired) electrons. The Kier molecular flexibility index (Phi) is 3.28. The lowest BCUT2D eigenvalue weighted by Gasteiger charge is -2.04. The molecule has 0 aliphatic heterocycles. The number of carbonyl (C=O) groups excluding carboxylic acids is 1. The fraction of sp³-hybridized carbons (Fsp3) is 0.600. The molecule has 0 saturated carbocycles. The lowest BCUT2D eigenvalue weighted by molar-refractivity contribution is -0.124. The second-order valence-corrected chi connectivity index (χ2v) is 3.77. The zero-order valence-electron chi connectivity index (χ0n) is 9.16. The molecule has 1 N–H and O–H groups in total. The molecule has 0 unspecified atom stereocenters. The van der Waals surface area contributed by atoms with Gasteiger partial charge >= 0.3 is 0 Å². The van der Waals surface area contributed by atoms with Gasteiger partial charge in [0.25, 0.3) is 0 Å². The molecule has 0 bridgehead atoms. The van der Waals surface area contributed by atoms with Gasteiger partial charge in [-0.05, 0) is 13.0 Å². The van der Waals surface area contributed by atoms with Crippen LogP contribution in [0.1, 0.15) is 25.2 Å². The summed E-state index contributed by atoms with van der Waals surface area (Å²) in [4.78, 5) is 11.3. The predicted molar refractivity (Wildman–Crippen MR) is 54.6 cm³/mol. The van der Waals surface area contributed by atoms with Crippen LogP contribution in [-0.4, -0.2) is 15.7 Å². The fourth-order valence-electron chi connectivity index (χ4n) is 1.10. The summed E-state index contributed by atoms with van der Waals surface area (Å²) >= 11 is 0. The van der Waals surface area contributed by atoms with Crippen molar-refractivity contribution in [1.29, 1.82) is 0 Å². The van der Waals surface area contributed by atoms with Gasteiger partial charge in [0.2, 0.25) is 5.91 Å². The number of carbonyl (C=O) groups is 1. The van der Waals surface area contributed by atoms with Gasteiger partial charge in [-0.25, -0.2) is 0 Å². The van der Waals surface area contributed by atoms with Crippen LogP contribution in [0.2, 0.25) is 0 Å². The second kappa shape index (κ2) is 4.26. The zero-order chi connectivity index (χ0) is 10.7.